The van der Waals surface area contributed by atoms with E-state index in [1.54, 1.807) is 78.9 Å². The summed E-state index contributed by atoms with van der Waals surface area (Å²) in [6, 6.07) is 24.1. The molecular formula is C47H38N4O2. The quantitative estimate of drug-likeness (QED) is 0.156. The molecule has 1 aliphatic rings. The van der Waals surface area contributed by atoms with Gasteiger partial charge in [0.05, 0.1) is 36.5 Å². The molecule has 1 aliphatic heterocycles. The Morgan fingerprint density at radius 2 is 1.36 bits per heavy atom. The predicted molar refractivity (Wildman–Crippen MR) is 217 cm³/mol. The van der Waals surface area contributed by atoms with Crippen molar-refractivity contribution in [1.29, 1.82) is 0 Å². The Bertz CT molecular complexity index is 3180. The molecule has 0 bridgehead atoms. The molecule has 0 fully saturated rings. The summed E-state index contributed by atoms with van der Waals surface area (Å²) in [7, 11) is 0. The highest BCUT2D eigenvalue weighted by Crippen LogP contribution is 2.47. The predicted octanol–water partition coefficient (Wildman–Crippen LogP) is 12.9. The number of nitrogens with one attached hydrogen (secondary N) is 2. The SMILES string of the molecule is [2H]c1c([2H])c([2H])c(-c2cccc(-c3c([2H])c([2H])c([2H])c([2H])c3[2H])c2Nc2ccccc2Nc2cccc(Oc3ccc4c(c3)N(c3nc5ccccc5o3)CC4(C([2H])([2H])[2H])C([2H])([2H])[2H])c2)c([2H])c1[2H]. The highest BCUT2D eigenvalue weighted by molar-refractivity contribution is 5.94. The lowest BCUT2D eigenvalue weighted by Gasteiger charge is -2.20. The zero-order chi connectivity index (χ0) is 49.5. The fraction of sp³-hybridized carbons (Fsp3) is 0.0851. The van der Waals surface area contributed by atoms with Crippen LogP contribution in [0.4, 0.5) is 34.5 Å². The lowest BCUT2D eigenvalue weighted by molar-refractivity contribution is 0.483. The summed E-state index contributed by atoms with van der Waals surface area (Å²) >= 11 is 0. The Kier molecular flexibility index (Phi) is 4.84. The largest absolute Gasteiger partial charge is 0.457 e. The number of aromatic nitrogens is 1. The van der Waals surface area contributed by atoms with Crippen LogP contribution in [0.15, 0.2) is 174 Å². The van der Waals surface area contributed by atoms with Gasteiger partial charge in [0.25, 0.3) is 0 Å². The maximum absolute atomic E-state index is 8.83. The maximum Gasteiger partial charge on any atom is 0.303 e. The van der Waals surface area contributed by atoms with E-state index in [9.17, 15) is 0 Å². The molecule has 0 saturated carbocycles. The van der Waals surface area contributed by atoms with Gasteiger partial charge < -0.3 is 19.8 Å². The van der Waals surface area contributed by atoms with Crippen molar-refractivity contribution >= 4 is 45.6 Å². The van der Waals surface area contributed by atoms with Gasteiger partial charge in [-0.25, -0.2) is 0 Å². The normalized spacial score (nSPS) is 17.9. The molecular weight excluding hydrogens is 653 g/mol. The van der Waals surface area contributed by atoms with Crippen LogP contribution in [0.1, 0.15) is 41.2 Å². The minimum Gasteiger partial charge on any atom is -0.457 e. The third-order valence-electron chi connectivity index (χ3n) is 8.77. The second-order valence-corrected chi connectivity index (χ2v) is 12.3. The summed E-state index contributed by atoms with van der Waals surface area (Å²) in [5, 5.41) is 6.66. The molecule has 0 atom stereocenters. The number of benzene rings is 7. The van der Waals surface area contributed by atoms with E-state index in [-0.39, 0.29) is 51.0 Å². The van der Waals surface area contributed by atoms with Crippen LogP contribution in [-0.2, 0) is 5.41 Å². The number of oxazole rings is 1. The van der Waals surface area contributed by atoms with Crippen LogP contribution in [-0.4, -0.2) is 11.5 Å². The first-order valence-electron chi connectivity index (χ1n) is 24.6. The molecule has 1 aromatic heterocycles. The van der Waals surface area contributed by atoms with Crippen LogP contribution in [0.25, 0.3) is 33.4 Å². The topological polar surface area (TPSA) is 62.6 Å². The number of rotatable bonds is 9. The molecule has 0 saturated heterocycles. The Morgan fingerprint density at radius 1 is 0.698 bits per heavy atom. The van der Waals surface area contributed by atoms with Crippen molar-refractivity contribution in [1.82, 2.24) is 4.98 Å². The van der Waals surface area contributed by atoms with Crippen molar-refractivity contribution in [3.63, 3.8) is 0 Å². The fourth-order valence-electron chi connectivity index (χ4n) is 6.35. The van der Waals surface area contributed by atoms with Gasteiger partial charge in [0.1, 0.15) is 17.0 Å². The molecule has 0 radical (unpaired) electrons. The van der Waals surface area contributed by atoms with Gasteiger partial charge in [0.2, 0.25) is 0 Å². The highest BCUT2D eigenvalue weighted by atomic mass is 16.5. The smallest absolute Gasteiger partial charge is 0.303 e. The van der Waals surface area contributed by atoms with Gasteiger partial charge in [-0.1, -0.05) is 129 Å². The minimum absolute atomic E-state index is 0.0137. The molecule has 6 heteroatoms. The van der Waals surface area contributed by atoms with Gasteiger partial charge in [-0.05, 0) is 59.2 Å². The molecule has 9 rings (SSSR count). The molecule has 2 heterocycles. The van der Waals surface area contributed by atoms with E-state index in [1.807, 2.05) is 0 Å². The Morgan fingerprint density at radius 3 is 2.08 bits per heavy atom. The summed E-state index contributed by atoms with van der Waals surface area (Å²) in [6.07, 6.45) is 0. The van der Waals surface area contributed by atoms with Gasteiger partial charge in [0.15, 0.2) is 5.58 Å². The number of anilines is 6. The highest BCUT2D eigenvalue weighted by Gasteiger charge is 2.38. The Labute approximate surface area is 331 Å². The monoisotopic (exact) mass is 706 g/mol. The number of para-hydroxylation sites is 5. The number of fused-ring (bicyclic) bond motifs is 2. The molecule has 6 nitrogen and oxygen atoms in total. The Balaban J connectivity index is 1.10. The van der Waals surface area contributed by atoms with E-state index in [0.29, 0.717) is 33.9 Å². The first-order valence-corrected chi connectivity index (χ1v) is 16.6. The molecule has 53 heavy (non-hydrogen) atoms. The lowest BCUT2D eigenvalue weighted by Crippen LogP contribution is -2.25. The van der Waals surface area contributed by atoms with Gasteiger partial charge in [-0.15, -0.1) is 0 Å². The second kappa shape index (κ2) is 13.4. The molecule has 7 aromatic carbocycles. The van der Waals surface area contributed by atoms with Crippen molar-refractivity contribution in [2.75, 3.05) is 22.1 Å². The molecule has 8 aromatic rings. The van der Waals surface area contributed by atoms with E-state index in [1.165, 1.54) is 35.2 Å². The van der Waals surface area contributed by atoms with Crippen molar-refractivity contribution < 1.29 is 31.1 Å². The Hall–Kier alpha value is -6.79. The van der Waals surface area contributed by atoms with E-state index in [4.69, 9.17) is 31.1 Å². The van der Waals surface area contributed by atoms with Gasteiger partial charge in [-0.2, -0.15) is 4.98 Å². The third kappa shape index (κ3) is 6.36. The first kappa shape index (κ1) is 19.2. The van der Waals surface area contributed by atoms with E-state index < -0.39 is 86.1 Å². The number of ether oxygens (including phenoxy) is 1. The summed E-state index contributed by atoms with van der Waals surface area (Å²) < 4.78 is 149. The van der Waals surface area contributed by atoms with Crippen LogP contribution in [0, 0.1) is 0 Å². The van der Waals surface area contributed by atoms with Crippen molar-refractivity contribution in [2.24, 2.45) is 0 Å². The number of hydrogen-bond acceptors (Lipinski definition) is 6. The van der Waals surface area contributed by atoms with Crippen molar-refractivity contribution in [2.45, 2.75) is 19.1 Å². The number of hydrogen-bond donors (Lipinski definition) is 2. The minimum atomic E-state index is -2.97. The zero-order valence-electron chi connectivity index (χ0n) is 43.8. The van der Waals surface area contributed by atoms with E-state index in [2.05, 4.69) is 15.6 Å². The third-order valence-corrected chi connectivity index (χ3v) is 8.77. The molecule has 258 valence electrons. The molecule has 0 spiro atoms. The van der Waals surface area contributed by atoms with Crippen molar-refractivity contribution in [3.05, 3.63) is 175 Å². The van der Waals surface area contributed by atoms with E-state index in [0.717, 1.165) is 0 Å². The van der Waals surface area contributed by atoms with Crippen LogP contribution < -0.4 is 20.3 Å². The number of nitrogens with zero attached hydrogens (tertiary/aromatic N) is 2. The molecule has 0 unspecified atom stereocenters. The van der Waals surface area contributed by atoms with Gasteiger partial charge in [-0.3, -0.25) is 4.90 Å². The van der Waals surface area contributed by atoms with Crippen LogP contribution in [0.2, 0.25) is 0 Å². The maximum atomic E-state index is 8.83. The van der Waals surface area contributed by atoms with Crippen LogP contribution in [0.3, 0.4) is 0 Å². The molecule has 0 aliphatic carbocycles. The average molecular weight is 707 g/mol. The average Bonchev–Trinajstić information content (AvgIpc) is 3.91. The second-order valence-electron chi connectivity index (χ2n) is 12.3. The van der Waals surface area contributed by atoms with Crippen LogP contribution >= 0.6 is 0 Å². The van der Waals surface area contributed by atoms with Gasteiger partial charge in [0, 0.05) is 49.1 Å². The molecule has 2 N–H and O–H groups in total. The summed E-state index contributed by atoms with van der Waals surface area (Å²) in [4.78, 5) is 6.00. The lowest BCUT2D eigenvalue weighted by atomic mass is 9.87. The van der Waals surface area contributed by atoms with Crippen molar-refractivity contribution in [3.8, 4) is 33.8 Å². The zero-order valence-corrected chi connectivity index (χ0v) is 27.8. The summed E-state index contributed by atoms with van der Waals surface area (Å²) in [5.74, 6) is 0.565. The van der Waals surface area contributed by atoms with E-state index >= 15 is 0 Å². The fourth-order valence-corrected chi connectivity index (χ4v) is 6.35. The van der Waals surface area contributed by atoms with Crippen LogP contribution in [0.5, 0.6) is 11.5 Å². The summed E-state index contributed by atoms with van der Waals surface area (Å²) in [5.41, 5.74) is 0.161. The molecule has 0 amide bonds. The first-order chi connectivity index (χ1) is 32.6. The summed E-state index contributed by atoms with van der Waals surface area (Å²) in [6.45, 7) is -6.41. The standard InChI is InChI=1S/C47H38N4O2/c1-47(2)31-51(46-50-42-25-11-12-26-44(42)53-46)43-30-36(27-28-39(43)47)52-35-20-13-19-34(29-35)48-40-23-9-10-24-41(40)49-45-37(32-15-5-3-6-16-32)21-14-22-38(45)33-17-7-4-8-18-33/h3-30,48-49H,31H2,1-2H3/i1D3,2D3,3D,4D,5D,6D,7D,8D,15D,16D,17D,18D. The van der Waals surface area contributed by atoms with Gasteiger partial charge >= 0.3 is 6.01 Å².